The predicted molar refractivity (Wildman–Crippen MR) is 62.1 cm³/mol. The number of rotatable bonds is 4. The van der Waals surface area contributed by atoms with Gasteiger partial charge in [-0.1, -0.05) is 19.8 Å². The van der Waals surface area contributed by atoms with Gasteiger partial charge in [-0.25, -0.2) is 4.98 Å². The fourth-order valence-electron chi connectivity index (χ4n) is 1.70. The summed E-state index contributed by atoms with van der Waals surface area (Å²) in [6.07, 6.45) is 4.96. The van der Waals surface area contributed by atoms with Crippen LogP contribution in [0, 0.1) is 0 Å². The molecule has 2 heterocycles. The van der Waals surface area contributed by atoms with Crippen LogP contribution in [-0.4, -0.2) is 19.5 Å². The zero-order valence-electron chi connectivity index (χ0n) is 9.23. The van der Waals surface area contributed by atoms with Gasteiger partial charge < -0.3 is 10.3 Å². The number of nitrogens with one attached hydrogen (secondary N) is 1. The van der Waals surface area contributed by atoms with Crippen molar-refractivity contribution in [2.75, 3.05) is 5.73 Å². The fourth-order valence-corrected chi connectivity index (χ4v) is 1.70. The molecule has 16 heavy (non-hydrogen) atoms. The number of aryl methyl sites for hydroxylation is 1. The monoisotopic (exact) mass is 221 g/mol. The third-order valence-electron chi connectivity index (χ3n) is 2.50. The molecule has 0 aromatic carbocycles. The number of anilines is 1. The predicted octanol–water partition coefficient (Wildman–Crippen LogP) is 0.892. The van der Waals surface area contributed by atoms with E-state index in [0.717, 1.165) is 25.8 Å². The number of nitrogens with zero attached hydrogens (tertiary/aromatic N) is 3. The summed E-state index contributed by atoms with van der Waals surface area (Å²) in [5.74, 6) is 0.108. The normalized spacial score (nSPS) is 11.1. The van der Waals surface area contributed by atoms with Crippen LogP contribution >= 0.6 is 0 Å². The summed E-state index contributed by atoms with van der Waals surface area (Å²) < 4.78 is 1.83. The summed E-state index contributed by atoms with van der Waals surface area (Å²) in [7, 11) is 0. The Hall–Kier alpha value is -1.85. The summed E-state index contributed by atoms with van der Waals surface area (Å²) >= 11 is 0. The Kier molecular flexibility index (Phi) is 2.89. The summed E-state index contributed by atoms with van der Waals surface area (Å²) in [4.78, 5) is 22.2. The molecule has 2 aromatic rings. The second-order valence-corrected chi connectivity index (χ2v) is 3.77. The van der Waals surface area contributed by atoms with Crippen LogP contribution in [-0.2, 0) is 6.54 Å². The van der Waals surface area contributed by atoms with Crippen LogP contribution in [0.4, 0.5) is 5.95 Å². The number of aromatic amines is 1. The molecule has 0 saturated carbocycles. The van der Waals surface area contributed by atoms with Crippen LogP contribution in [0.15, 0.2) is 11.1 Å². The van der Waals surface area contributed by atoms with Crippen LogP contribution in [0.2, 0.25) is 0 Å². The van der Waals surface area contributed by atoms with Crippen molar-refractivity contribution in [2.24, 2.45) is 0 Å². The lowest BCUT2D eigenvalue weighted by molar-refractivity contribution is 0.612. The van der Waals surface area contributed by atoms with E-state index in [-0.39, 0.29) is 11.5 Å². The van der Waals surface area contributed by atoms with Gasteiger partial charge in [-0.3, -0.25) is 9.78 Å². The molecule has 0 saturated heterocycles. The summed E-state index contributed by atoms with van der Waals surface area (Å²) in [5, 5.41) is 0. The van der Waals surface area contributed by atoms with Crippen molar-refractivity contribution in [1.29, 1.82) is 0 Å². The summed E-state index contributed by atoms with van der Waals surface area (Å²) in [5.41, 5.74) is 6.13. The van der Waals surface area contributed by atoms with Crippen molar-refractivity contribution in [2.45, 2.75) is 32.7 Å². The van der Waals surface area contributed by atoms with Gasteiger partial charge in [-0.2, -0.15) is 4.98 Å². The molecule has 6 heteroatoms. The maximum absolute atomic E-state index is 11.7. The Morgan fingerprint density at radius 3 is 3.06 bits per heavy atom. The minimum atomic E-state index is -0.225. The lowest BCUT2D eigenvalue weighted by Gasteiger charge is -2.02. The van der Waals surface area contributed by atoms with Gasteiger partial charge in [0, 0.05) is 6.54 Å². The van der Waals surface area contributed by atoms with Gasteiger partial charge in [0.05, 0.1) is 6.33 Å². The van der Waals surface area contributed by atoms with E-state index < -0.39 is 0 Å². The van der Waals surface area contributed by atoms with Gasteiger partial charge in [-0.05, 0) is 6.42 Å². The van der Waals surface area contributed by atoms with Crippen LogP contribution in [0.25, 0.3) is 11.2 Å². The van der Waals surface area contributed by atoms with E-state index in [4.69, 9.17) is 5.73 Å². The van der Waals surface area contributed by atoms with Gasteiger partial charge in [0.15, 0.2) is 11.2 Å². The van der Waals surface area contributed by atoms with E-state index in [0.29, 0.717) is 11.2 Å². The molecule has 2 aromatic heterocycles. The second-order valence-electron chi connectivity index (χ2n) is 3.77. The first kappa shape index (κ1) is 10.7. The number of aromatic nitrogens is 4. The average molecular weight is 221 g/mol. The lowest BCUT2D eigenvalue weighted by atomic mass is 10.2. The quantitative estimate of drug-likeness (QED) is 0.750. The largest absolute Gasteiger partial charge is 0.369 e. The van der Waals surface area contributed by atoms with Crippen molar-refractivity contribution in [1.82, 2.24) is 19.5 Å². The van der Waals surface area contributed by atoms with Crippen molar-refractivity contribution in [3.63, 3.8) is 0 Å². The average Bonchev–Trinajstić information content (AvgIpc) is 2.62. The third kappa shape index (κ3) is 1.91. The molecule has 3 N–H and O–H groups in total. The number of hydrogen-bond donors (Lipinski definition) is 2. The van der Waals surface area contributed by atoms with Crippen LogP contribution < -0.4 is 11.3 Å². The number of fused-ring (bicyclic) bond motifs is 1. The van der Waals surface area contributed by atoms with Gasteiger partial charge in [0.1, 0.15) is 0 Å². The highest BCUT2D eigenvalue weighted by molar-refractivity contribution is 5.70. The second kappa shape index (κ2) is 4.34. The maximum atomic E-state index is 11.7. The van der Waals surface area contributed by atoms with Gasteiger partial charge in [0.25, 0.3) is 5.56 Å². The van der Waals surface area contributed by atoms with Crippen molar-refractivity contribution < 1.29 is 0 Å². The molecule has 0 bridgehead atoms. The molecule has 0 spiro atoms. The number of H-pyrrole nitrogens is 1. The van der Waals surface area contributed by atoms with E-state index >= 15 is 0 Å². The van der Waals surface area contributed by atoms with E-state index in [1.54, 1.807) is 6.33 Å². The minimum Gasteiger partial charge on any atom is -0.369 e. The highest BCUT2D eigenvalue weighted by Crippen LogP contribution is 2.07. The van der Waals surface area contributed by atoms with E-state index in [1.807, 2.05) is 4.57 Å². The number of imidazole rings is 1. The first-order valence-corrected chi connectivity index (χ1v) is 5.43. The molecule has 0 atom stereocenters. The van der Waals surface area contributed by atoms with E-state index in [2.05, 4.69) is 21.9 Å². The number of unbranched alkanes of at least 4 members (excludes halogenated alkanes) is 2. The van der Waals surface area contributed by atoms with Gasteiger partial charge in [-0.15, -0.1) is 0 Å². The molecule has 2 rings (SSSR count). The molecular weight excluding hydrogens is 206 g/mol. The maximum Gasteiger partial charge on any atom is 0.278 e. The number of nitrogens with two attached hydrogens (primary N) is 1. The first-order valence-electron chi connectivity index (χ1n) is 5.43. The summed E-state index contributed by atoms with van der Waals surface area (Å²) in [6, 6.07) is 0. The standard InChI is InChI=1S/C10H15N5O/c1-2-3-4-5-15-6-12-8-7(15)9(16)14-10(11)13-8/h6H,2-5H2,1H3,(H3,11,13,14,16). The fraction of sp³-hybridized carbons (Fsp3) is 0.500. The van der Waals surface area contributed by atoms with Crippen molar-refractivity contribution in [3.8, 4) is 0 Å². The first-order chi connectivity index (χ1) is 7.72. The molecular formula is C10H15N5O. The SMILES string of the molecule is CCCCCn1cnc2nc(N)[nH]c(=O)c21. The zero-order valence-corrected chi connectivity index (χ0v) is 9.23. The van der Waals surface area contributed by atoms with Crippen molar-refractivity contribution in [3.05, 3.63) is 16.7 Å². The molecule has 0 unspecified atom stereocenters. The Morgan fingerprint density at radius 2 is 2.31 bits per heavy atom. The van der Waals surface area contributed by atoms with Gasteiger partial charge in [0.2, 0.25) is 5.95 Å². The van der Waals surface area contributed by atoms with E-state index in [1.165, 1.54) is 0 Å². The highest BCUT2D eigenvalue weighted by Gasteiger charge is 2.08. The molecule has 0 radical (unpaired) electrons. The Balaban J connectivity index is 2.37. The zero-order chi connectivity index (χ0) is 11.5. The van der Waals surface area contributed by atoms with Crippen LogP contribution in [0.3, 0.4) is 0 Å². The molecule has 0 aliphatic carbocycles. The topological polar surface area (TPSA) is 89.6 Å². The number of hydrogen-bond acceptors (Lipinski definition) is 4. The Morgan fingerprint density at radius 1 is 1.50 bits per heavy atom. The van der Waals surface area contributed by atoms with Gasteiger partial charge >= 0.3 is 0 Å². The summed E-state index contributed by atoms with van der Waals surface area (Å²) in [6.45, 7) is 2.93. The lowest BCUT2D eigenvalue weighted by Crippen LogP contribution is -2.14. The smallest absolute Gasteiger partial charge is 0.278 e. The molecule has 0 aliphatic rings. The molecule has 86 valence electrons. The molecule has 0 amide bonds. The Labute approximate surface area is 92.5 Å². The van der Waals surface area contributed by atoms with Crippen LogP contribution in [0.1, 0.15) is 26.2 Å². The molecule has 6 nitrogen and oxygen atoms in total. The third-order valence-corrected chi connectivity index (χ3v) is 2.50. The minimum absolute atomic E-state index is 0.108. The number of nitrogen functional groups attached to an aromatic ring is 1. The highest BCUT2D eigenvalue weighted by atomic mass is 16.1. The van der Waals surface area contributed by atoms with E-state index in [9.17, 15) is 4.79 Å². The van der Waals surface area contributed by atoms with Crippen LogP contribution in [0.5, 0.6) is 0 Å². The molecule has 0 aliphatic heterocycles. The van der Waals surface area contributed by atoms with Crippen molar-refractivity contribution >= 4 is 17.1 Å². The Bertz CT molecular complexity index is 542. The molecule has 0 fully saturated rings.